The number of nitrogens with one attached hydrogen (secondary N) is 1. The van der Waals surface area contributed by atoms with Crippen molar-refractivity contribution >= 4 is 39.0 Å². The first-order valence-corrected chi connectivity index (χ1v) is 7.50. The summed E-state index contributed by atoms with van der Waals surface area (Å²) in [7, 11) is 0. The molecule has 0 aliphatic heterocycles. The highest BCUT2D eigenvalue weighted by atomic mass is 79.9. The predicted molar refractivity (Wildman–Crippen MR) is 89.9 cm³/mol. The lowest BCUT2D eigenvalue weighted by Gasteiger charge is -2.08. The molecule has 104 valence electrons. The van der Waals surface area contributed by atoms with E-state index in [4.69, 9.17) is 11.6 Å². The monoisotopic (exact) mass is 359 g/mol. The van der Waals surface area contributed by atoms with Crippen LogP contribution in [-0.4, -0.2) is 9.97 Å². The molecule has 0 fully saturated rings. The van der Waals surface area contributed by atoms with Crippen LogP contribution < -0.4 is 5.32 Å². The summed E-state index contributed by atoms with van der Waals surface area (Å²) in [6.07, 6.45) is 0. The van der Waals surface area contributed by atoms with Gasteiger partial charge in [0.25, 0.3) is 0 Å². The Morgan fingerprint density at radius 2 is 1.62 bits per heavy atom. The minimum atomic E-state index is 0.406. The van der Waals surface area contributed by atoms with Crippen molar-refractivity contribution in [1.29, 1.82) is 0 Å². The van der Waals surface area contributed by atoms with E-state index in [0.29, 0.717) is 16.8 Å². The summed E-state index contributed by atoms with van der Waals surface area (Å²) in [6.45, 7) is 0. The Hall–Kier alpha value is -1.91. The van der Waals surface area contributed by atoms with E-state index in [1.807, 2.05) is 54.6 Å². The van der Waals surface area contributed by atoms with Gasteiger partial charge in [0.1, 0.15) is 11.0 Å². The third kappa shape index (κ3) is 3.60. The summed E-state index contributed by atoms with van der Waals surface area (Å²) in [5.41, 5.74) is 1.87. The fourth-order valence-electron chi connectivity index (χ4n) is 1.88. The lowest BCUT2D eigenvalue weighted by Crippen LogP contribution is -1.97. The van der Waals surface area contributed by atoms with E-state index >= 15 is 0 Å². The maximum atomic E-state index is 6.09. The van der Waals surface area contributed by atoms with Gasteiger partial charge in [-0.25, -0.2) is 9.97 Å². The van der Waals surface area contributed by atoms with Gasteiger partial charge in [-0.2, -0.15) is 0 Å². The van der Waals surface area contributed by atoms with Gasteiger partial charge in [0.05, 0.1) is 0 Å². The summed E-state index contributed by atoms with van der Waals surface area (Å²) >= 11 is 9.50. The molecule has 0 saturated heterocycles. The number of halogens is 2. The molecule has 0 spiro atoms. The Bertz CT molecular complexity index is 745. The van der Waals surface area contributed by atoms with Crippen molar-refractivity contribution < 1.29 is 0 Å². The van der Waals surface area contributed by atoms with Crippen LogP contribution in [0.25, 0.3) is 11.4 Å². The first-order valence-electron chi connectivity index (χ1n) is 6.33. The predicted octanol–water partition coefficient (Wildman–Crippen LogP) is 5.30. The SMILES string of the molecule is Clc1cc(Nc2ccc(Br)cc2)nc(-c2ccccc2)n1. The molecule has 3 aromatic rings. The number of hydrogen-bond acceptors (Lipinski definition) is 3. The van der Waals surface area contributed by atoms with Crippen molar-refractivity contribution in [1.82, 2.24) is 9.97 Å². The van der Waals surface area contributed by atoms with Crippen molar-refractivity contribution in [2.24, 2.45) is 0 Å². The maximum Gasteiger partial charge on any atom is 0.163 e. The Balaban J connectivity index is 1.93. The van der Waals surface area contributed by atoms with E-state index in [0.717, 1.165) is 15.7 Å². The van der Waals surface area contributed by atoms with Crippen LogP contribution in [0.5, 0.6) is 0 Å². The van der Waals surface area contributed by atoms with Crippen molar-refractivity contribution in [3.63, 3.8) is 0 Å². The molecule has 2 aromatic carbocycles. The average molecular weight is 361 g/mol. The number of rotatable bonds is 3. The van der Waals surface area contributed by atoms with E-state index in [-0.39, 0.29) is 0 Å². The lowest BCUT2D eigenvalue weighted by atomic mass is 10.2. The Morgan fingerprint density at radius 3 is 2.33 bits per heavy atom. The third-order valence-corrected chi connectivity index (χ3v) is 3.57. The molecule has 0 aliphatic carbocycles. The van der Waals surface area contributed by atoms with E-state index in [2.05, 4.69) is 31.2 Å². The van der Waals surface area contributed by atoms with Gasteiger partial charge in [0, 0.05) is 21.8 Å². The molecule has 0 radical (unpaired) electrons. The fraction of sp³-hybridized carbons (Fsp3) is 0. The standard InChI is InChI=1S/C16H11BrClN3/c17-12-6-8-13(9-7-12)19-15-10-14(18)20-16(21-15)11-4-2-1-3-5-11/h1-10H,(H,19,20,21). The Kier molecular flexibility index (Phi) is 4.18. The van der Waals surface area contributed by atoms with E-state index in [1.54, 1.807) is 6.07 Å². The minimum absolute atomic E-state index is 0.406. The summed E-state index contributed by atoms with van der Waals surface area (Å²) in [6, 6.07) is 19.3. The molecule has 1 aromatic heterocycles. The van der Waals surface area contributed by atoms with Crippen molar-refractivity contribution in [2.75, 3.05) is 5.32 Å². The zero-order chi connectivity index (χ0) is 14.7. The zero-order valence-electron chi connectivity index (χ0n) is 10.9. The molecule has 5 heteroatoms. The van der Waals surface area contributed by atoms with Crippen LogP contribution in [0, 0.1) is 0 Å². The van der Waals surface area contributed by atoms with Gasteiger partial charge >= 0.3 is 0 Å². The molecular weight excluding hydrogens is 350 g/mol. The molecule has 0 unspecified atom stereocenters. The molecule has 0 aliphatic rings. The quantitative estimate of drug-likeness (QED) is 0.644. The molecule has 3 nitrogen and oxygen atoms in total. The van der Waals surface area contributed by atoms with Gasteiger partial charge in [-0.15, -0.1) is 0 Å². The summed E-state index contributed by atoms with van der Waals surface area (Å²) in [5, 5.41) is 3.63. The first-order chi connectivity index (χ1) is 10.2. The summed E-state index contributed by atoms with van der Waals surface area (Å²) in [4.78, 5) is 8.77. The highest BCUT2D eigenvalue weighted by Gasteiger charge is 2.06. The fourth-order valence-corrected chi connectivity index (χ4v) is 2.33. The second-order valence-corrected chi connectivity index (χ2v) is 5.70. The Labute approximate surface area is 136 Å². The lowest BCUT2D eigenvalue weighted by molar-refractivity contribution is 1.17. The molecule has 21 heavy (non-hydrogen) atoms. The van der Waals surface area contributed by atoms with Crippen molar-refractivity contribution in [3.8, 4) is 11.4 Å². The minimum Gasteiger partial charge on any atom is -0.340 e. The molecule has 0 saturated carbocycles. The largest absolute Gasteiger partial charge is 0.340 e. The molecule has 0 bridgehead atoms. The van der Waals surface area contributed by atoms with E-state index in [9.17, 15) is 0 Å². The molecule has 1 heterocycles. The number of nitrogens with zero attached hydrogens (tertiary/aromatic N) is 2. The third-order valence-electron chi connectivity index (χ3n) is 2.84. The highest BCUT2D eigenvalue weighted by Crippen LogP contribution is 2.23. The van der Waals surface area contributed by atoms with Gasteiger partial charge in [-0.05, 0) is 24.3 Å². The van der Waals surface area contributed by atoms with E-state index < -0.39 is 0 Å². The number of aromatic nitrogens is 2. The van der Waals surface area contributed by atoms with E-state index in [1.165, 1.54) is 0 Å². The second kappa shape index (κ2) is 6.24. The van der Waals surface area contributed by atoms with Crippen LogP contribution in [0.4, 0.5) is 11.5 Å². The number of hydrogen-bond donors (Lipinski definition) is 1. The second-order valence-electron chi connectivity index (χ2n) is 4.40. The van der Waals surface area contributed by atoms with Crippen LogP contribution in [0.3, 0.4) is 0 Å². The molecule has 0 amide bonds. The van der Waals surface area contributed by atoms with Crippen LogP contribution in [0.2, 0.25) is 5.15 Å². The Morgan fingerprint density at radius 1 is 0.905 bits per heavy atom. The van der Waals surface area contributed by atoms with Crippen LogP contribution in [0.15, 0.2) is 65.1 Å². The maximum absolute atomic E-state index is 6.09. The van der Waals surface area contributed by atoms with Crippen molar-refractivity contribution in [2.45, 2.75) is 0 Å². The normalized spacial score (nSPS) is 10.4. The molecule has 1 N–H and O–H groups in total. The average Bonchev–Trinajstić information content (AvgIpc) is 2.50. The van der Waals surface area contributed by atoms with Crippen molar-refractivity contribution in [3.05, 3.63) is 70.3 Å². The highest BCUT2D eigenvalue weighted by molar-refractivity contribution is 9.10. The molecule has 3 rings (SSSR count). The first kappa shape index (κ1) is 14.0. The van der Waals surface area contributed by atoms with Crippen LogP contribution in [-0.2, 0) is 0 Å². The summed E-state index contributed by atoms with van der Waals surface area (Å²) in [5.74, 6) is 1.26. The number of anilines is 2. The van der Waals surface area contributed by atoms with Gasteiger partial charge in [-0.3, -0.25) is 0 Å². The van der Waals surface area contributed by atoms with Crippen LogP contribution >= 0.6 is 27.5 Å². The molecule has 0 atom stereocenters. The van der Waals surface area contributed by atoms with Crippen LogP contribution in [0.1, 0.15) is 0 Å². The van der Waals surface area contributed by atoms with Gasteiger partial charge in [-0.1, -0.05) is 57.9 Å². The smallest absolute Gasteiger partial charge is 0.163 e. The van der Waals surface area contributed by atoms with Gasteiger partial charge in [0.15, 0.2) is 5.82 Å². The van der Waals surface area contributed by atoms with Gasteiger partial charge < -0.3 is 5.32 Å². The molecular formula is C16H11BrClN3. The zero-order valence-corrected chi connectivity index (χ0v) is 13.3. The van der Waals surface area contributed by atoms with Gasteiger partial charge in [0.2, 0.25) is 0 Å². The topological polar surface area (TPSA) is 37.8 Å². The summed E-state index contributed by atoms with van der Waals surface area (Å²) < 4.78 is 1.03. The number of benzene rings is 2.